The van der Waals surface area contributed by atoms with Gasteiger partial charge in [-0.3, -0.25) is 14.9 Å². The predicted octanol–water partition coefficient (Wildman–Crippen LogP) is 3.46. The van der Waals surface area contributed by atoms with Gasteiger partial charge >= 0.3 is 0 Å². The van der Waals surface area contributed by atoms with Gasteiger partial charge in [-0.25, -0.2) is 0 Å². The third-order valence-electron chi connectivity index (χ3n) is 3.29. The van der Waals surface area contributed by atoms with E-state index in [1.54, 1.807) is 26.0 Å². The number of nitrogens with one attached hydrogen (secondary N) is 2. The molecule has 0 aliphatic rings. The molecule has 24 heavy (non-hydrogen) atoms. The number of furan rings is 1. The summed E-state index contributed by atoms with van der Waals surface area (Å²) in [6.07, 6.45) is 0. The first-order chi connectivity index (χ1) is 11.4. The van der Waals surface area contributed by atoms with Gasteiger partial charge in [-0.2, -0.15) is 5.26 Å². The molecule has 0 bridgehead atoms. The first-order valence-corrected chi connectivity index (χ1v) is 8.19. The third kappa shape index (κ3) is 4.40. The van der Waals surface area contributed by atoms with Gasteiger partial charge in [0.1, 0.15) is 17.4 Å². The molecular weight excluding hydrogens is 326 g/mol. The Morgan fingerprint density at radius 1 is 1.21 bits per heavy atom. The molecule has 0 saturated heterocycles. The Morgan fingerprint density at radius 3 is 2.46 bits per heavy atom. The number of nitriles is 1. The molecule has 124 valence electrons. The van der Waals surface area contributed by atoms with E-state index in [9.17, 15) is 9.59 Å². The van der Waals surface area contributed by atoms with Crippen LogP contribution in [0.1, 0.15) is 23.8 Å². The highest BCUT2D eigenvalue weighted by molar-refractivity contribution is 8.00. The SMILES string of the molecule is CC(=O)Nc1ccc(SCC(=O)Nc2oc(C)c(C)c2C#N)cc1. The number of amides is 2. The average Bonchev–Trinajstić information content (AvgIpc) is 2.80. The summed E-state index contributed by atoms with van der Waals surface area (Å²) in [5.41, 5.74) is 1.79. The van der Waals surface area contributed by atoms with E-state index < -0.39 is 0 Å². The molecule has 0 radical (unpaired) electrons. The first kappa shape index (κ1) is 17.6. The van der Waals surface area contributed by atoms with Gasteiger partial charge in [0.05, 0.1) is 5.75 Å². The molecule has 0 atom stereocenters. The quantitative estimate of drug-likeness (QED) is 0.811. The lowest BCUT2D eigenvalue weighted by Gasteiger charge is -2.05. The van der Waals surface area contributed by atoms with Crippen LogP contribution in [-0.2, 0) is 9.59 Å². The van der Waals surface area contributed by atoms with Gasteiger partial charge in [-0.1, -0.05) is 0 Å². The van der Waals surface area contributed by atoms with E-state index in [2.05, 4.69) is 10.6 Å². The minimum absolute atomic E-state index is 0.132. The number of hydrogen-bond acceptors (Lipinski definition) is 5. The standard InChI is InChI=1S/C17H17N3O3S/c1-10-11(2)23-17(15(10)8-18)20-16(22)9-24-14-6-4-13(5-7-14)19-12(3)21/h4-7H,9H2,1-3H3,(H,19,21)(H,20,22). The Hall–Kier alpha value is -2.72. The van der Waals surface area contributed by atoms with E-state index >= 15 is 0 Å². The molecule has 2 N–H and O–H groups in total. The van der Waals surface area contributed by atoms with Crippen molar-refractivity contribution in [2.45, 2.75) is 25.7 Å². The third-order valence-corrected chi connectivity index (χ3v) is 4.31. The number of hydrogen-bond donors (Lipinski definition) is 2. The number of carbonyl (C=O) groups is 2. The minimum atomic E-state index is -0.254. The Morgan fingerprint density at radius 2 is 1.88 bits per heavy atom. The monoisotopic (exact) mass is 343 g/mol. The Bertz CT molecular complexity index is 804. The van der Waals surface area contributed by atoms with E-state index in [0.29, 0.717) is 17.0 Å². The molecule has 2 aromatic rings. The highest BCUT2D eigenvalue weighted by Gasteiger charge is 2.16. The molecule has 7 heteroatoms. The van der Waals surface area contributed by atoms with Crippen molar-refractivity contribution in [3.8, 4) is 6.07 Å². The Balaban J connectivity index is 1.93. The van der Waals surface area contributed by atoms with Gasteiger partial charge in [0.25, 0.3) is 0 Å². The number of aryl methyl sites for hydroxylation is 1. The fourth-order valence-electron chi connectivity index (χ4n) is 2.00. The number of anilines is 2. The van der Waals surface area contributed by atoms with Crippen molar-refractivity contribution in [3.63, 3.8) is 0 Å². The molecule has 1 aromatic carbocycles. The zero-order chi connectivity index (χ0) is 17.7. The minimum Gasteiger partial charge on any atom is -0.444 e. The van der Waals surface area contributed by atoms with Gasteiger partial charge in [0.15, 0.2) is 0 Å². The molecule has 1 heterocycles. The second-order valence-electron chi connectivity index (χ2n) is 5.14. The summed E-state index contributed by atoms with van der Waals surface area (Å²) >= 11 is 1.35. The van der Waals surface area contributed by atoms with Crippen LogP contribution in [-0.4, -0.2) is 17.6 Å². The molecule has 0 spiro atoms. The van der Waals surface area contributed by atoms with Crippen molar-refractivity contribution in [2.75, 3.05) is 16.4 Å². The summed E-state index contributed by atoms with van der Waals surface area (Å²) in [5.74, 6) is 0.605. The zero-order valence-corrected chi connectivity index (χ0v) is 14.4. The summed E-state index contributed by atoms with van der Waals surface area (Å²) in [6, 6.07) is 9.23. The van der Waals surface area contributed by atoms with Crippen LogP contribution >= 0.6 is 11.8 Å². The van der Waals surface area contributed by atoms with Crippen molar-refractivity contribution in [3.05, 3.63) is 41.2 Å². The maximum absolute atomic E-state index is 12.0. The van der Waals surface area contributed by atoms with E-state index in [1.165, 1.54) is 18.7 Å². The maximum atomic E-state index is 12.0. The molecule has 0 fully saturated rings. The number of nitrogens with zero attached hydrogens (tertiary/aromatic N) is 1. The largest absolute Gasteiger partial charge is 0.444 e. The van der Waals surface area contributed by atoms with Gasteiger partial charge in [0.2, 0.25) is 17.7 Å². The smallest absolute Gasteiger partial charge is 0.237 e. The van der Waals surface area contributed by atoms with Crippen LogP contribution in [0.5, 0.6) is 0 Å². The lowest BCUT2D eigenvalue weighted by molar-refractivity contribution is -0.114. The number of rotatable bonds is 5. The van der Waals surface area contributed by atoms with Crippen LogP contribution in [0.25, 0.3) is 0 Å². The lowest BCUT2D eigenvalue weighted by Crippen LogP contribution is -2.14. The van der Waals surface area contributed by atoms with Crippen molar-refractivity contribution in [1.29, 1.82) is 5.26 Å². The molecule has 2 amide bonds. The number of carbonyl (C=O) groups excluding carboxylic acids is 2. The second-order valence-corrected chi connectivity index (χ2v) is 6.19. The normalized spacial score (nSPS) is 10.1. The van der Waals surface area contributed by atoms with Crippen molar-refractivity contribution in [1.82, 2.24) is 0 Å². The lowest BCUT2D eigenvalue weighted by atomic mass is 10.2. The highest BCUT2D eigenvalue weighted by atomic mass is 32.2. The second kappa shape index (κ2) is 7.70. The van der Waals surface area contributed by atoms with Crippen LogP contribution in [0.4, 0.5) is 11.6 Å². The van der Waals surface area contributed by atoms with Gasteiger partial charge < -0.3 is 9.73 Å². The number of thioether (sulfide) groups is 1. The summed E-state index contributed by atoms with van der Waals surface area (Å²) in [6.45, 7) is 4.97. The van der Waals surface area contributed by atoms with E-state index in [4.69, 9.17) is 9.68 Å². The molecule has 0 aliphatic carbocycles. The summed E-state index contributed by atoms with van der Waals surface area (Å²) in [5, 5.41) is 14.4. The fourth-order valence-corrected chi connectivity index (χ4v) is 2.70. The average molecular weight is 343 g/mol. The number of benzene rings is 1. The Labute approximate surface area is 144 Å². The topological polar surface area (TPSA) is 95.1 Å². The van der Waals surface area contributed by atoms with Crippen LogP contribution in [0, 0.1) is 25.2 Å². The van der Waals surface area contributed by atoms with Crippen LogP contribution < -0.4 is 10.6 Å². The van der Waals surface area contributed by atoms with E-state index in [-0.39, 0.29) is 23.5 Å². The summed E-state index contributed by atoms with van der Waals surface area (Å²) in [7, 11) is 0. The van der Waals surface area contributed by atoms with Gasteiger partial charge in [0, 0.05) is 23.1 Å². The maximum Gasteiger partial charge on any atom is 0.237 e. The summed E-state index contributed by atoms with van der Waals surface area (Å²) < 4.78 is 5.41. The summed E-state index contributed by atoms with van der Waals surface area (Å²) in [4.78, 5) is 23.9. The van der Waals surface area contributed by atoms with Crippen LogP contribution in [0.15, 0.2) is 33.6 Å². The van der Waals surface area contributed by atoms with Crippen molar-refractivity contribution in [2.24, 2.45) is 0 Å². The van der Waals surface area contributed by atoms with Crippen LogP contribution in [0.2, 0.25) is 0 Å². The zero-order valence-electron chi connectivity index (χ0n) is 13.6. The van der Waals surface area contributed by atoms with Crippen molar-refractivity contribution < 1.29 is 14.0 Å². The van der Waals surface area contributed by atoms with Gasteiger partial charge in [-0.15, -0.1) is 11.8 Å². The van der Waals surface area contributed by atoms with Crippen LogP contribution in [0.3, 0.4) is 0 Å². The molecule has 1 aromatic heterocycles. The highest BCUT2D eigenvalue weighted by Crippen LogP contribution is 2.26. The van der Waals surface area contributed by atoms with Crippen molar-refractivity contribution >= 4 is 35.1 Å². The molecule has 0 aliphatic heterocycles. The molecule has 2 rings (SSSR count). The predicted molar refractivity (Wildman–Crippen MR) is 93.0 cm³/mol. The van der Waals surface area contributed by atoms with E-state index in [1.807, 2.05) is 18.2 Å². The van der Waals surface area contributed by atoms with E-state index in [0.717, 1.165) is 10.5 Å². The molecular formula is C17H17N3O3S. The van der Waals surface area contributed by atoms with Gasteiger partial charge in [-0.05, 0) is 38.1 Å². The molecule has 0 saturated carbocycles. The fraction of sp³-hybridized carbons (Fsp3) is 0.235. The molecule has 0 unspecified atom stereocenters. The molecule has 6 nitrogen and oxygen atoms in total. The Kier molecular flexibility index (Phi) is 5.66. The first-order valence-electron chi connectivity index (χ1n) is 7.21.